The molecule has 4 heteroatoms. The molecule has 0 spiro atoms. The lowest BCUT2D eigenvalue weighted by molar-refractivity contribution is 0.319. The van der Waals surface area contributed by atoms with Crippen LogP contribution in [0.3, 0.4) is 0 Å². The predicted molar refractivity (Wildman–Crippen MR) is 48.1 cm³/mol. The Kier molecular flexibility index (Phi) is 2.81. The summed E-state index contributed by atoms with van der Waals surface area (Å²) in [4.78, 5) is 0. The van der Waals surface area contributed by atoms with Gasteiger partial charge in [-0.1, -0.05) is 17.3 Å². The van der Waals surface area contributed by atoms with Crippen molar-refractivity contribution >= 4 is 21.6 Å². The summed E-state index contributed by atoms with van der Waals surface area (Å²) >= 11 is 3.03. The molecule has 64 valence electrons. The summed E-state index contributed by atoms with van der Waals surface area (Å²) in [7, 11) is 0. The minimum atomic E-state index is -0.409. The fourth-order valence-corrected chi connectivity index (χ4v) is 1.20. The van der Waals surface area contributed by atoms with Crippen LogP contribution in [-0.2, 0) is 0 Å². The third-order valence-electron chi connectivity index (χ3n) is 1.49. The summed E-state index contributed by atoms with van der Waals surface area (Å²) < 4.78 is 13.6. The van der Waals surface area contributed by atoms with Crippen LogP contribution in [0.1, 0.15) is 12.5 Å². The van der Waals surface area contributed by atoms with Crippen molar-refractivity contribution < 1.29 is 9.60 Å². The highest BCUT2D eigenvalue weighted by molar-refractivity contribution is 9.10. The first-order valence-corrected chi connectivity index (χ1v) is 4.09. The first kappa shape index (κ1) is 9.19. The zero-order valence-corrected chi connectivity index (χ0v) is 7.97. The van der Waals surface area contributed by atoms with Crippen LogP contribution in [0.15, 0.2) is 27.8 Å². The third kappa shape index (κ3) is 1.64. The summed E-state index contributed by atoms with van der Waals surface area (Å²) in [5.74, 6) is -0.409. The van der Waals surface area contributed by atoms with Gasteiger partial charge in [0.25, 0.3) is 0 Å². The summed E-state index contributed by atoms with van der Waals surface area (Å²) in [5.41, 5.74) is 0.556. The van der Waals surface area contributed by atoms with Gasteiger partial charge in [-0.2, -0.15) is 0 Å². The van der Waals surface area contributed by atoms with Crippen molar-refractivity contribution in [3.05, 3.63) is 34.1 Å². The number of nitrogens with zero attached hydrogens (tertiary/aromatic N) is 1. The van der Waals surface area contributed by atoms with Gasteiger partial charge in [-0.3, -0.25) is 0 Å². The van der Waals surface area contributed by atoms with Gasteiger partial charge in [0, 0.05) is 5.56 Å². The molecule has 0 unspecified atom stereocenters. The molecule has 0 aliphatic carbocycles. The fraction of sp³-hybridized carbons (Fsp3) is 0.125. The molecule has 0 saturated carbocycles. The first-order valence-electron chi connectivity index (χ1n) is 3.30. The van der Waals surface area contributed by atoms with Gasteiger partial charge >= 0.3 is 0 Å². The summed E-state index contributed by atoms with van der Waals surface area (Å²) in [5, 5.41) is 11.3. The van der Waals surface area contributed by atoms with E-state index >= 15 is 0 Å². The van der Waals surface area contributed by atoms with E-state index in [4.69, 9.17) is 5.21 Å². The number of oxime groups is 1. The Morgan fingerprint density at radius 2 is 2.25 bits per heavy atom. The van der Waals surface area contributed by atoms with Gasteiger partial charge in [-0.15, -0.1) is 0 Å². The normalized spacial score (nSPS) is 11.8. The fourth-order valence-electron chi connectivity index (χ4n) is 0.837. The Bertz CT molecular complexity index is 325. The molecular formula is C8H7BrFNO. The maximum Gasteiger partial charge on any atom is 0.146 e. The number of hydrogen-bond acceptors (Lipinski definition) is 2. The molecule has 0 saturated heterocycles. The summed E-state index contributed by atoms with van der Waals surface area (Å²) in [6.07, 6.45) is 0. The molecule has 0 amide bonds. The Labute approximate surface area is 77.8 Å². The van der Waals surface area contributed by atoms with Crippen LogP contribution in [0.5, 0.6) is 0 Å². The van der Waals surface area contributed by atoms with E-state index in [-0.39, 0.29) is 5.71 Å². The largest absolute Gasteiger partial charge is 0.411 e. The second-order valence-corrected chi connectivity index (χ2v) is 3.14. The molecule has 0 fully saturated rings. The smallest absolute Gasteiger partial charge is 0.146 e. The van der Waals surface area contributed by atoms with Crippen molar-refractivity contribution in [2.24, 2.45) is 5.16 Å². The minimum absolute atomic E-state index is 0.258. The number of rotatable bonds is 1. The minimum Gasteiger partial charge on any atom is -0.411 e. The molecule has 1 N–H and O–H groups in total. The maximum absolute atomic E-state index is 13.2. The molecule has 1 aromatic carbocycles. The molecule has 0 bridgehead atoms. The van der Waals surface area contributed by atoms with Gasteiger partial charge in [-0.25, -0.2) is 4.39 Å². The van der Waals surface area contributed by atoms with Gasteiger partial charge in [0.2, 0.25) is 0 Å². The molecule has 0 atom stereocenters. The van der Waals surface area contributed by atoms with Crippen molar-refractivity contribution in [2.45, 2.75) is 6.92 Å². The van der Waals surface area contributed by atoms with Crippen LogP contribution in [0.4, 0.5) is 4.39 Å². The Balaban J connectivity index is 3.26. The quantitative estimate of drug-likeness (QED) is 0.450. The third-order valence-corrected chi connectivity index (χ3v) is 2.10. The van der Waals surface area contributed by atoms with Gasteiger partial charge in [-0.05, 0) is 28.9 Å². The Morgan fingerprint density at radius 3 is 2.83 bits per heavy atom. The molecule has 1 rings (SSSR count). The topological polar surface area (TPSA) is 32.6 Å². The average Bonchev–Trinajstić information content (AvgIpc) is 2.08. The SMILES string of the molecule is C/C(=N/O)c1cccc(Br)c1F. The van der Waals surface area contributed by atoms with Gasteiger partial charge in [0.1, 0.15) is 5.82 Å². The number of hydrogen-bond donors (Lipinski definition) is 1. The zero-order chi connectivity index (χ0) is 9.14. The van der Waals surface area contributed by atoms with Crippen LogP contribution in [0, 0.1) is 5.82 Å². The molecule has 12 heavy (non-hydrogen) atoms. The highest BCUT2D eigenvalue weighted by Crippen LogP contribution is 2.18. The summed E-state index contributed by atoms with van der Waals surface area (Å²) in [6.45, 7) is 1.53. The molecule has 0 aliphatic heterocycles. The van der Waals surface area contributed by atoms with Gasteiger partial charge < -0.3 is 5.21 Å². The van der Waals surface area contributed by atoms with E-state index in [9.17, 15) is 4.39 Å². The molecule has 2 nitrogen and oxygen atoms in total. The van der Waals surface area contributed by atoms with Crippen LogP contribution in [0.25, 0.3) is 0 Å². The first-order chi connectivity index (χ1) is 5.66. The van der Waals surface area contributed by atoms with E-state index in [0.29, 0.717) is 10.0 Å². The van der Waals surface area contributed by atoms with Crippen LogP contribution in [0.2, 0.25) is 0 Å². The van der Waals surface area contributed by atoms with Crippen molar-refractivity contribution in [1.82, 2.24) is 0 Å². The molecule has 0 radical (unpaired) electrons. The van der Waals surface area contributed by atoms with E-state index in [2.05, 4.69) is 21.1 Å². The number of halogens is 2. The van der Waals surface area contributed by atoms with E-state index in [0.717, 1.165) is 0 Å². The lowest BCUT2D eigenvalue weighted by atomic mass is 10.1. The van der Waals surface area contributed by atoms with Gasteiger partial charge in [0.15, 0.2) is 0 Å². The molecule has 0 aliphatic rings. The summed E-state index contributed by atoms with van der Waals surface area (Å²) in [6, 6.07) is 4.82. The lowest BCUT2D eigenvalue weighted by Crippen LogP contribution is -1.98. The predicted octanol–water partition coefficient (Wildman–Crippen LogP) is 2.79. The monoisotopic (exact) mass is 231 g/mol. The number of benzene rings is 1. The zero-order valence-electron chi connectivity index (χ0n) is 6.38. The van der Waals surface area contributed by atoms with Crippen molar-refractivity contribution in [3.8, 4) is 0 Å². The standard InChI is InChI=1S/C8H7BrFNO/c1-5(11-12)6-3-2-4-7(9)8(6)10/h2-4,12H,1H3/b11-5-. The highest BCUT2D eigenvalue weighted by Gasteiger charge is 2.07. The second kappa shape index (κ2) is 3.67. The van der Waals surface area contributed by atoms with E-state index in [1.54, 1.807) is 18.2 Å². The van der Waals surface area contributed by atoms with E-state index in [1.165, 1.54) is 6.92 Å². The Morgan fingerprint density at radius 1 is 1.58 bits per heavy atom. The Hall–Kier alpha value is -0.900. The second-order valence-electron chi connectivity index (χ2n) is 2.29. The maximum atomic E-state index is 13.2. The average molecular weight is 232 g/mol. The molecule has 0 aromatic heterocycles. The van der Waals surface area contributed by atoms with E-state index in [1.807, 2.05) is 0 Å². The van der Waals surface area contributed by atoms with Crippen molar-refractivity contribution in [1.29, 1.82) is 0 Å². The van der Waals surface area contributed by atoms with Gasteiger partial charge in [0.05, 0.1) is 10.2 Å². The van der Waals surface area contributed by atoms with Crippen LogP contribution >= 0.6 is 15.9 Å². The van der Waals surface area contributed by atoms with E-state index < -0.39 is 5.82 Å². The highest BCUT2D eigenvalue weighted by atomic mass is 79.9. The van der Waals surface area contributed by atoms with Crippen LogP contribution < -0.4 is 0 Å². The van der Waals surface area contributed by atoms with Crippen molar-refractivity contribution in [3.63, 3.8) is 0 Å². The van der Waals surface area contributed by atoms with Crippen LogP contribution in [-0.4, -0.2) is 10.9 Å². The van der Waals surface area contributed by atoms with Crippen molar-refractivity contribution in [2.75, 3.05) is 0 Å². The lowest BCUT2D eigenvalue weighted by Gasteiger charge is -2.01. The molecule has 0 heterocycles. The molecule has 1 aromatic rings. The molecular weight excluding hydrogens is 225 g/mol.